The lowest BCUT2D eigenvalue weighted by Crippen LogP contribution is -2.44. The average Bonchev–Trinajstić information content (AvgIpc) is 2.70. The van der Waals surface area contributed by atoms with Crippen molar-refractivity contribution in [2.75, 3.05) is 6.54 Å². The van der Waals surface area contributed by atoms with E-state index in [1.54, 1.807) is 0 Å². The molecule has 0 aromatic rings. The zero-order valence-corrected chi connectivity index (χ0v) is 10.2. The third-order valence-corrected chi connectivity index (χ3v) is 3.22. The van der Waals surface area contributed by atoms with E-state index in [0.717, 1.165) is 25.8 Å². The number of carbonyl (C=O) groups excluding carboxylic acids is 1. The van der Waals surface area contributed by atoms with Gasteiger partial charge in [0.1, 0.15) is 0 Å². The van der Waals surface area contributed by atoms with Crippen LogP contribution in [-0.4, -0.2) is 24.5 Å². The first kappa shape index (κ1) is 12.5. The highest BCUT2D eigenvalue weighted by Crippen LogP contribution is 2.10. The maximum atomic E-state index is 11.8. The van der Waals surface area contributed by atoms with Crippen molar-refractivity contribution in [3.8, 4) is 0 Å². The van der Waals surface area contributed by atoms with Crippen molar-refractivity contribution in [3.63, 3.8) is 0 Å². The Hall–Kier alpha value is -0.570. The number of nitrogens with one attached hydrogen (secondary N) is 2. The second-order valence-electron chi connectivity index (χ2n) is 4.81. The van der Waals surface area contributed by atoms with Crippen LogP contribution in [0.3, 0.4) is 0 Å². The van der Waals surface area contributed by atoms with Gasteiger partial charge in [0, 0.05) is 6.04 Å². The van der Waals surface area contributed by atoms with Gasteiger partial charge < -0.3 is 10.6 Å². The van der Waals surface area contributed by atoms with E-state index < -0.39 is 0 Å². The first-order chi connectivity index (χ1) is 7.13. The first-order valence-corrected chi connectivity index (χ1v) is 6.17. The van der Waals surface area contributed by atoms with Crippen LogP contribution in [0.15, 0.2) is 0 Å². The number of amides is 1. The van der Waals surface area contributed by atoms with Gasteiger partial charge >= 0.3 is 0 Å². The smallest absolute Gasteiger partial charge is 0.237 e. The highest BCUT2D eigenvalue weighted by atomic mass is 16.2. The minimum atomic E-state index is 0.0596. The Bertz CT molecular complexity index is 200. The van der Waals surface area contributed by atoms with E-state index in [4.69, 9.17) is 0 Å². The molecular weight excluding hydrogens is 188 g/mol. The van der Waals surface area contributed by atoms with E-state index in [-0.39, 0.29) is 11.9 Å². The van der Waals surface area contributed by atoms with Crippen LogP contribution in [0.5, 0.6) is 0 Å². The van der Waals surface area contributed by atoms with Crippen LogP contribution in [0.4, 0.5) is 0 Å². The first-order valence-electron chi connectivity index (χ1n) is 6.17. The highest BCUT2D eigenvalue weighted by molar-refractivity contribution is 5.82. The standard InChI is InChI=1S/C12H24N2O/c1-4-9(2)8-10(3)14-12(15)11-6-5-7-13-11/h9-11,13H,4-8H2,1-3H3,(H,14,15)/t9?,10?,11-/m0/s1. The maximum Gasteiger partial charge on any atom is 0.237 e. The molecule has 88 valence electrons. The maximum absolute atomic E-state index is 11.8. The fourth-order valence-corrected chi connectivity index (χ4v) is 2.08. The summed E-state index contributed by atoms with van der Waals surface area (Å²) in [6.45, 7) is 7.51. The third kappa shape index (κ3) is 4.20. The van der Waals surface area contributed by atoms with Crippen molar-refractivity contribution in [3.05, 3.63) is 0 Å². The molecule has 1 heterocycles. The van der Waals surface area contributed by atoms with Crippen molar-refractivity contribution in [1.29, 1.82) is 0 Å². The van der Waals surface area contributed by atoms with Crippen molar-refractivity contribution >= 4 is 5.91 Å². The molecule has 1 fully saturated rings. The zero-order valence-electron chi connectivity index (χ0n) is 10.2. The number of hydrogen-bond acceptors (Lipinski definition) is 2. The topological polar surface area (TPSA) is 41.1 Å². The second kappa shape index (κ2) is 6.11. The molecule has 15 heavy (non-hydrogen) atoms. The minimum Gasteiger partial charge on any atom is -0.352 e. The molecule has 1 saturated heterocycles. The Morgan fingerprint density at radius 2 is 2.27 bits per heavy atom. The molecule has 1 rings (SSSR count). The van der Waals surface area contributed by atoms with E-state index in [2.05, 4.69) is 31.4 Å². The molecule has 0 bridgehead atoms. The van der Waals surface area contributed by atoms with Crippen LogP contribution in [0.1, 0.15) is 46.5 Å². The minimum absolute atomic E-state index is 0.0596. The van der Waals surface area contributed by atoms with Crippen molar-refractivity contribution in [1.82, 2.24) is 10.6 Å². The van der Waals surface area contributed by atoms with Gasteiger partial charge in [-0.3, -0.25) is 4.79 Å². The fraction of sp³-hybridized carbons (Fsp3) is 0.917. The summed E-state index contributed by atoms with van der Waals surface area (Å²) < 4.78 is 0. The highest BCUT2D eigenvalue weighted by Gasteiger charge is 2.23. The van der Waals surface area contributed by atoms with Gasteiger partial charge in [0.25, 0.3) is 0 Å². The molecule has 2 N–H and O–H groups in total. The van der Waals surface area contributed by atoms with Gasteiger partial charge in [0.05, 0.1) is 6.04 Å². The van der Waals surface area contributed by atoms with Crippen LogP contribution >= 0.6 is 0 Å². The summed E-state index contributed by atoms with van der Waals surface area (Å²) >= 11 is 0. The van der Waals surface area contributed by atoms with Crippen LogP contribution in [0, 0.1) is 5.92 Å². The monoisotopic (exact) mass is 212 g/mol. The summed E-state index contributed by atoms with van der Waals surface area (Å²) in [7, 11) is 0. The lowest BCUT2D eigenvalue weighted by molar-refractivity contribution is -0.123. The molecule has 1 aliphatic heterocycles. The predicted octanol–water partition coefficient (Wildman–Crippen LogP) is 1.68. The molecule has 0 radical (unpaired) electrons. The number of hydrogen-bond donors (Lipinski definition) is 2. The number of rotatable bonds is 5. The van der Waals surface area contributed by atoms with E-state index >= 15 is 0 Å². The lowest BCUT2D eigenvalue weighted by atomic mass is 10.00. The second-order valence-corrected chi connectivity index (χ2v) is 4.81. The Kier molecular flexibility index (Phi) is 5.09. The molecular formula is C12H24N2O. The molecule has 0 saturated carbocycles. The molecule has 1 amide bonds. The van der Waals surface area contributed by atoms with Crippen molar-refractivity contribution in [2.45, 2.75) is 58.5 Å². The van der Waals surface area contributed by atoms with Crippen molar-refractivity contribution < 1.29 is 4.79 Å². The molecule has 2 unspecified atom stereocenters. The fourth-order valence-electron chi connectivity index (χ4n) is 2.08. The summed E-state index contributed by atoms with van der Waals surface area (Å²) in [6, 6.07) is 0.360. The molecule has 3 atom stereocenters. The molecule has 0 aliphatic carbocycles. The normalized spacial score (nSPS) is 24.9. The van der Waals surface area contributed by atoms with Gasteiger partial charge in [0.15, 0.2) is 0 Å². The SMILES string of the molecule is CCC(C)CC(C)NC(=O)[C@@H]1CCCN1. The molecule has 1 aliphatic rings. The Labute approximate surface area is 93.0 Å². The molecule has 0 spiro atoms. The van der Waals surface area contributed by atoms with Gasteiger partial charge in [0.2, 0.25) is 5.91 Å². The Balaban J connectivity index is 2.24. The van der Waals surface area contributed by atoms with E-state index in [1.165, 1.54) is 6.42 Å². The summed E-state index contributed by atoms with van der Waals surface area (Å²) in [6.07, 6.45) is 4.37. The van der Waals surface area contributed by atoms with Gasteiger partial charge in [-0.25, -0.2) is 0 Å². The van der Waals surface area contributed by atoms with E-state index in [9.17, 15) is 4.79 Å². The van der Waals surface area contributed by atoms with E-state index in [0.29, 0.717) is 12.0 Å². The molecule has 3 nitrogen and oxygen atoms in total. The summed E-state index contributed by atoms with van der Waals surface area (Å²) in [5.74, 6) is 0.875. The summed E-state index contributed by atoms with van der Waals surface area (Å²) in [5.41, 5.74) is 0. The Morgan fingerprint density at radius 3 is 2.80 bits per heavy atom. The summed E-state index contributed by atoms with van der Waals surface area (Å²) in [4.78, 5) is 11.8. The molecule has 3 heteroatoms. The lowest BCUT2D eigenvalue weighted by Gasteiger charge is -2.19. The predicted molar refractivity (Wildman–Crippen MR) is 62.7 cm³/mol. The van der Waals surface area contributed by atoms with Gasteiger partial charge in [-0.05, 0) is 38.6 Å². The average molecular weight is 212 g/mol. The quantitative estimate of drug-likeness (QED) is 0.728. The third-order valence-electron chi connectivity index (χ3n) is 3.22. The van der Waals surface area contributed by atoms with Gasteiger partial charge in [-0.15, -0.1) is 0 Å². The van der Waals surface area contributed by atoms with Gasteiger partial charge in [-0.1, -0.05) is 20.3 Å². The van der Waals surface area contributed by atoms with Crippen LogP contribution in [0.25, 0.3) is 0 Å². The zero-order chi connectivity index (χ0) is 11.3. The van der Waals surface area contributed by atoms with Gasteiger partial charge in [-0.2, -0.15) is 0 Å². The van der Waals surface area contributed by atoms with Crippen LogP contribution < -0.4 is 10.6 Å². The van der Waals surface area contributed by atoms with Crippen molar-refractivity contribution in [2.24, 2.45) is 5.92 Å². The largest absolute Gasteiger partial charge is 0.352 e. The van der Waals surface area contributed by atoms with E-state index in [1.807, 2.05) is 0 Å². The Morgan fingerprint density at radius 1 is 1.53 bits per heavy atom. The molecule has 0 aromatic carbocycles. The number of carbonyl (C=O) groups is 1. The van der Waals surface area contributed by atoms with Crippen LogP contribution in [-0.2, 0) is 4.79 Å². The van der Waals surface area contributed by atoms with Crippen LogP contribution in [0.2, 0.25) is 0 Å². The molecule has 0 aromatic heterocycles. The summed E-state index contributed by atoms with van der Waals surface area (Å²) in [5, 5.41) is 6.30.